The number of aromatic nitrogens is 1. The Morgan fingerprint density at radius 2 is 2.25 bits per heavy atom. The average molecular weight is 342 g/mol. The number of nitrogens with one attached hydrogen (secondary N) is 1. The lowest BCUT2D eigenvalue weighted by atomic mass is 9.76. The van der Waals surface area contributed by atoms with Gasteiger partial charge in [-0.2, -0.15) is 0 Å². The highest BCUT2D eigenvalue weighted by molar-refractivity contribution is 7.10. The van der Waals surface area contributed by atoms with Crippen LogP contribution >= 0.6 is 11.3 Å². The number of carbonyl (C=O) groups excluding carboxylic acids is 1. The number of oxazole rings is 1. The molecule has 124 valence electrons. The summed E-state index contributed by atoms with van der Waals surface area (Å²) in [5.74, 6) is 0.729. The van der Waals surface area contributed by atoms with Crippen LogP contribution in [0.25, 0.3) is 11.1 Å². The van der Waals surface area contributed by atoms with Gasteiger partial charge in [-0.3, -0.25) is 4.79 Å². The summed E-state index contributed by atoms with van der Waals surface area (Å²) in [6, 6.07) is 9.24. The van der Waals surface area contributed by atoms with Crippen molar-refractivity contribution in [3.8, 4) is 0 Å². The Balaban J connectivity index is 1.57. The molecule has 1 amide bonds. The maximum absolute atomic E-state index is 12.7. The zero-order valence-corrected chi connectivity index (χ0v) is 14.0. The van der Waals surface area contributed by atoms with Gasteiger partial charge < -0.3 is 14.8 Å². The van der Waals surface area contributed by atoms with Crippen LogP contribution in [0.15, 0.2) is 40.1 Å². The number of amides is 1. The molecule has 1 aliphatic carbocycles. The van der Waals surface area contributed by atoms with Crippen molar-refractivity contribution >= 4 is 28.3 Å². The van der Waals surface area contributed by atoms with Crippen LogP contribution in [0.1, 0.15) is 40.0 Å². The molecule has 2 heterocycles. The van der Waals surface area contributed by atoms with E-state index in [2.05, 4.69) is 10.3 Å². The first-order valence-electron chi connectivity index (χ1n) is 7.99. The number of hydrogen-bond acceptors (Lipinski definition) is 5. The van der Waals surface area contributed by atoms with Gasteiger partial charge in [-0.25, -0.2) is 4.98 Å². The third-order valence-electron chi connectivity index (χ3n) is 4.51. The van der Waals surface area contributed by atoms with Gasteiger partial charge in [0.1, 0.15) is 5.52 Å². The maximum atomic E-state index is 12.7. The first-order chi connectivity index (χ1) is 11.6. The lowest BCUT2D eigenvalue weighted by Gasteiger charge is -2.37. The van der Waals surface area contributed by atoms with Gasteiger partial charge in [0.05, 0.1) is 12.1 Å². The van der Waals surface area contributed by atoms with Gasteiger partial charge in [0.2, 0.25) is 0 Å². The van der Waals surface area contributed by atoms with E-state index in [1.54, 1.807) is 36.5 Å². The third-order valence-corrected chi connectivity index (χ3v) is 5.47. The van der Waals surface area contributed by atoms with Gasteiger partial charge in [-0.05, 0) is 48.4 Å². The van der Waals surface area contributed by atoms with Crippen LogP contribution < -0.4 is 5.32 Å². The second-order valence-corrected chi connectivity index (χ2v) is 7.25. The Hall–Kier alpha value is -2.18. The number of fused-ring (bicyclic) bond motifs is 1. The standard InChI is InChI=1S/C18H18N2O3S/c1-10-19-14-5-4-11(9-15(14)23-10)18(22)20-17(12-7-13(21)8-12)16-3-2-6-24-16/h2-6,9,12-13,17,21H,7-8H2,1H3,(H,20,22)/t12?,13?,17-/m1/s1. The fourth-order valence-corrected chi connectivity index (χ4v) is 4.07. The number of aliphatic hydroxyl groups is 1. The molecule has 5 nitrogen and oxygen atoms in total. The number of hydrogen-bond donors (Lipinski definition) is 2. The first-order valence-corrected chi connectivity index (χ1v) is 8.87. The molecule has 0 aliphatic heterocycles. The molecule has 0 radical (unpaired) electrons. The summed E-state index contributed by atoms with van der Waals surface area (Å²) in [6.45, 7) is 1.79. The fraction of sp³-hybridized carbons (Fsp3) is 0.333. The summed E-state index contributed by atoms with van der Waals surface area (Å²) in [5.41, 5.74) is 1.92. The van der Waals surface area contributed by atoms with Crippen molar-refractivity contribution in [3.05, 3.63) is 52.0 Å². The predicted molar refractivity (Wildman–Crippen MR) is 92.0 cm³/mol. The largest absolute Gasteiger partial charge is 0.441 e. The second-order valence-electron chi connectivity index (χ2n) is 6.27. The second kappa shape index (κ2) is 6.03. The summed E-state index contributed by atoms with van der Waals surface area (Å²) in [7, 11) is 0. The summed E-state index contributed by atoms with van der Waals surface area (Å²) in [6.07, 6.45) is 1.20. The molecule has 2 N–H and O–H groups in total. The zero-order valence-electron chi connectivity index (χ0n) is 13.2. The predicted octanol–water partition coefficient (Wildman–Crippen LogP) is 3.44. The molecule has 2 aromatic heterocycles. The number of carbonyl (C=O) groups is 1. The third kappa shape index (κ3) is 2.83. The number of nitrogens with zero attached hydrogens (tertiary/aromatic N) is 1. The highest BCUT2D eigenvalue weighted by atomic mass is 32.1. The lowest BCUT2D eigenvalue weighted by molar-refractivity contribution is 0.0241. The van der Waals surface area contributed by atoms with Crippen molar-refractivity contribution in [1.29, 1.82) is 0 Å². The molecular formula is C18H18N2O3S. The van der Waals surface area contributed by atoms with E-state index in [1.165, 1.54) is 0 Å². The van der Waals surface area contributed by atoms with Gasteiger partial charge in [-0.1, -0.05) is 6.07 Å². The van der Waals surface area contributed by atoms with E-state index < -0.39 is 0 Å². The molecule has 1 aromatic carbocycles. The van der Waals surface area contributed by atoms with Gasteiger partial charge in [0, 0.05) is 17.4 Å². The summed E-state index contributed by atoms with van der Waals surface area (Å²) < 4.78 is 5.51. The monoisotopic (exact) mass is 342 g/mol. The number of aryl methyl sites for hydroxylation is 1. The van der Waals surface area contributed by atoms with Crippen LogP contribution in [0.3, 0.4) is 0 Å². The molecule has 1 fully saturated rings. The lowest BCUT2D eigenvalue weighted by Crippen LogP contribution is -2.41. The van der Waals surface area contributed by atoms with Crippen LogP contribution in [0.2, 0.25) is 0 Å². The smallest absolute Gasteiger partial charge is 0.251 e. The Labute approximate surface area is 143 Å². The summed E-state index contributed by atoms with van der Waals surface area (Å²) in [4.78, 5) is 18.1. The van der Waals surface area contributed by atoms with E-state index in [4.69, 9.17) is 4.42 Å². The number of rotatable bonds is 4. The van der Waals surface area contributed by atoms with Gasteiger partial charge in [0.15, 0.2) is 11.5 Å². The fourth-order valence-electron chi connectivity index (χ4n) is 3.20. The molecule has 6 heteroatoms. The van der Waals surface area contributed by atoms with Gasteiger partial charge in [0.25, 0.3) is 5.91 Å². The minimum absolute atomic E-state index is 0.0620. The van der Waals surface area contributed by atoms with Crippen LogP contribution in [0.4, 0.5) is 0 Å². The Morgan fingerprint density at radius 3 is 2.96 bits per heavy atom. The minimum atomic E-state index is -0.247. The number of thiophene rings is 1. The highest BCUT2D eigenvalue weighted by Crippen LogP contribution is 2.39. The van der Waals surface area contributed by atoms with Crippen molar-refractivity contribution in [2.75, 3.05) is 0 Å². The molecular weight excluding hydrogens is 324 g/mol. The Morgan fingerprint density at radius 1 is 1.42 bits per heavy atom. The van der Waals surface area contributed by atoms with Crippen LogP contribution in [0.5, 0.6) is 0 Å². The van der Waals surface area contributed by atoms with Crippen molar-refractivity contribution in [2.45, 2.75) is 31.9 Å². The van der Waals surface area contributed by atoms with Crippen LogP contribution in [-0.2, 0) is 0 Å². The Bertz CT molecular complexity index is 866. The molecule has 1 aliphatic rings. The van der Waals surface area contributed by atoms with E-state index >= 15 is 0 Å². The van der Waals surface area contributed by atoms with E-state index in [0.29, 0.717) is 17.0 Å². The van der Waals surface area contributed by atoms with Crippen molar-refractivity contribution in [3.63, 3.8) is 0 Å². The van der Waals surface area contributed by atoms with Crippen molar-refractivity contribution in [1.82, 2.24) is 10.3 Å². The maximum Gasteiger partial charge on any atom is 0.251 e. The topological polar surface area (TPSA) is 75.4 Å². The Kier molecular flexibility index (Phi) is 3.86. The molecule has 0 unspecified atom stereocenters. The molecule has 24 heavy (non-hydrogen) atoms. The van der Waals surface area contributed by atoms with E-state index in [9.17, 15) is 9.90 Å². The van der Waals surface area contributed by atoms with E-state index in [1.807, 2.05) is 17.5 Å². The number of aliphatic hydroxyl groups excluding tert-OH is 1. The van der Waals surface area contributed by atoms with Crippen LogP contribution in [0, 0.1) is 12.8 Å². The summed E-state index contributed by atoms with van der Waals surface area (Å²) in [5, 5.41) is 14.7. The van der Waals surface area contributed by atoms with E-state index in [0.717, 1.165) is 23.2 Å². The molecule has 4 rings (SSSR count). The molecule has 1 saturated carbocycles. The molecule has 1 atom stereocenters. The SMILES string of the molecule is Cc1nc2ccc(C(=O)N[C@@H](c3cccs3)C3CC(O)C3)cc2o1. The summed E-state index contributed by atoms with van der Waals surface area (Å²) >= 11 is 1.63. The van der Waals surface area contributed by atoms with E-state index in [-0.39, 0.29) is 24.0 Å². The highest BCUT2D eigenvalue weighted by Gasteiger charge is 2.36. The van der Waals surface area contributed by atoms with Crippen LogP contribution in [-0.4, -0.2) is 22.1 Å². The molecule has 0 bridgehead atoms. The minimum Gasteiger partial charge on any atom is -0.441 e. The van der Waals surface area contributed by atoms with Crippen molar-refractivity contribution < 1.29 is 14.3 Å². The van der Waals surface area contributed by atoms with Gasteiger partial charge in [-0.15, -0.1) is 11.3 Å². The molecule has 3 aromatic rings. The quantitative estimate of drug-likeness (QED) is 0.761. The zero-order chi connectivity index (χ0) is 16.7. The van der Waals surface area contributed by atoms with Crippen molar-refractivity contribution in [2.24, 2.45) is 5.92 Å². The normalized spacial score (nSPS) is 21.4. The van der Waals surface area contributed by atoms with Gasteiger partial charge >= 0.3 is 0 Å². The molecule has 0 spiro atoms. The number of benzene rings is 1. The average Bonchev–Trinajstić information content (AvgIpc) is 3.17. The first kappa shape index (κ1) is 15.4. The molecule has 0 saturated heterocycles.